The van der Waals surface area contributed by atoms with Gasteiger partial charge in [-0.2, -0.15) is 0 Å². The molecule has 0 amide bonds. The second-order valence-corrected chi connectivity index (χ2v) is 6.37. The molecule has 0 aliphatic heterocycles. The Balaban J connectivity index is -0.000000107. The third-order valence-corrected chi connectivity index (χ3v) is 1.16. The Bertz CT molecular complexity index is 316. The van der Waals surface area contributed by atoms with Gasteiger partial charge in [0.25, 0.3) is 0 Å². The Morgan fingerprint density at radius 2 is 1.33 bits per heavy atom. The van der Waals surface area contributed by atoms with Gasteiger partial charge in [0.05, 0.1) is 0 Å². The molecule has 2 nitrogen and oxygen atoms in total. The van der Waals surface area contributed by atoms with Crippen LogP contribution in [0.5, 0.6) is 0 Å². The molecule has 21 heavy (non-hydrogen) atoms. The fourth-order valence-corrected chi connectivity index (χ4v) is 0.524. The Kier molecular flexibility index (Phi) is 50.1. The molecule has 0 aliphatic carbocycles. The third-order valence-electron chi connectivity index (χ3n) is 1.16. The van der Waals surface area contributed by atoms with Crippen molar-refractivity contribution in [3.05, 3.63) is 48.9 Å². The molecule has 0 aromatic heterocycles. The molecule has 0 N–H and O–H groups in total. The number of hydrogen-bond donors (Lipinski definition) is 0. The molecule has 0 spiro atoms. The molecule has 0 rings (SSSR count). The molecule has 126 valence electrons. The van der Waals surface area contributed by atoms with Crippen molar-refractivity contribution in [2.24, 2.45) is 9.98 Å². The standard InChI is InChI=1S/C8H13N.C6H9N.C2H6.2ClH.Pt/c1-4-6-9-7-5-8(2)3;1-3-5-7-6-4-2;1-2;;;/h4-7H,1-3H3;3-6H,1H2,2H3;1-2H3;2*1H;/q;;;;;+2/p-2/b6-4-,9-7?;6-4-,7-5?;;;;. The van der Waals surface area contributed by atoms with Crippen LogP contribution in [0.3, 0.4) is 0 Å². The van der Waals surface area contributed by atoms with Crippen LogP contribution in [-0.2, 0) is 16.5 Å². The van der Waals surface area contributed by atoms with Gasteiger partial charge in [-0.15, -0.1) is 0 Å². The van der Waals surface area contributed by atoms with Crippen molar-refractivity contribution in [2.75, 3.05) is 0 Å². The molecule has 5 heteroatoms. The van der Waals surface area contributed by atoms with Crippen LogP contribution in [0.25, 0.3) is 0 Å². The molecular weight excluding hydrogens is 486 g/mol. The average molecular weight is 514 g/mol. The first-order valence-electron chi connectivity index (χ1n) is 6.46. The van der Waals surface area contributed by atoms with Crippen molar-refractivity contribution >= 4 is 31.3 Å². The maximum atomic E-state index is 4.88. The summed E-state index contributed by atoms with van der Waals surface area (Å²) in [6, 6.07) is 0. The van der Waals surface area contributed by atoms with Gasteiger partial charge < -0.3 is 0 Å². The number of rotatable bonds is 4. The van der Waals surface area contributed by atoms with E-state index >= 15 is 0 Å². The summed E-state index contributed by atoms with van der Waals surface area (Å²) in [5, 5.41) is 0. The molecule has 0 saturated heterocycles. The summed E-state index contributed by atoms with van der Waals surface area (Å²) in [5.74, 6) is 0. The Labute approximate surface area is 147 Å². The van der Waals surface area contributed by atoms with E-state index in [9.17, 15) is 0 Å². The fraction of sp³-hybridized carbons (Fsp3) is 0.375. The van der Waals surface area contributed by atoms with E-state index < -0.39 is 16.5 Å². The van der Waals surface area contributed by atoms with Gasteiger partial charge in [-0.1, -0.05) is 44.2 Å². The van der Waals surface area contributed by atoms with Crippen molar-refractivity contribution in [3.8, 4) is 0 Å². The van der Waals surface area contributed by atoms with E-state index in [-0.39, 0.29) is 0 Å². The topological polar surface area (TPSA) is 24.7 Å². The minimum atomic E-state index is -0.472. The zero-order chi connectivity index (χ0) is 17.4. The van der Waals surface area contributed by atoms with E-state index in [4.69, 9.17) is 18.8 Å². The zero-order valence-corrected chi connectivity index (χ0v) is 17.6. The number of halogens is 2. The summed E-state index contributed by atoms with van der Waals surface area (Å²) >= 11 is -0.472. The van der Waals surface area contributed by atoms with Crippen LogP contribution in [0.2, 0.25) is 0 Å². The van der Waals surface area contributed by atoms with Crippen LogP contribution < -0.4 is 0 Å². The summed E-state index contributed by atoms with van der Waals surface area (Å²) in [5.41, 5.74) is 1.27. The summed E-state index contributed by atoms with van der Waals surface area (Å²) in [7, 11) is 9.75. The molecule has 0 aromatic rings. The van der Waals surface area contributed by atoms with E-state index in [1.54, 1.807) is 30.9 Å². The van der Waals surface area contributed by atoms with Crippen LogP contribution in [-0.4, -0.2) is 12.4 Å². The molecule has 0 heterocycles. The Morgan fingerprint density at radius 3 is 1.62 bits per heavy atom. The summed E-state index contributed by atoms with van der Waals surface area (Å²) in [6.07, 6.45) is 14.3. The summed E-state index contributed by atoms with van der Waals surface area (Å²) in [6.45, 7) is 15.4. The van der Waals surface area contributed by atoms with Gasteiger partial charge in [-0.3, -0.25) is 9.98 Å². The number of allylic oxidation sites excluding steroid dienone is 5. The van der Waals surface area contributed by atoms with E-state index in [0.717, 1.165) is 0 Å². The van der Waals surface area contributed by atoms with Crippen molar-refractivity contribution in [2.45, 2.75) is 41.5 Å². The van der Waals surface area contributed by atoms with Gasteiger partial charge in [-0.25, -0.2) is 0 Å². The summed E-state index contributed by atoms with van der Waals surface area (Å²) < 4.78 is 0. The second kappa shape index (κ2) is 36.6. The van der Waals surface area contributed by atoms with Crippen LogP contribution in [0.4, 0.5) is 0 Å². The Hall–Kier alpha value is -0.432. The predicted octanol–water partition coefficient (Wildman–Crippen LogP) is 6.74. The van der Waals surface area contributed by atoms with E-state index in [2.05, 4.69) is 16.6 Å². The van der Waals surface area contributed by atoms with Crippen molar-refractivity contribution in [1.29, 1.82) is 0 Å². The van der Waals surface area contributed by atoms with Gasteiger partial charge in [0, 0.05) is 24.8 Å². The maximum absolute atomic E-state index is 4.88. The van der Waals surface area contributed by atoms with Crippen LogP contribution in [0.1, 0.15) is 41.5 Å². The SMILES string of the molecule is C/C=C\N=CC=C(C)C.C=CC=N/C=C\C.CC.[Cl][Pt][Cl]. The molecule has 0 aromatic carbocycles. The number of hydrogen-bond acceptors (Lipinski definition) is 2. The molecule has 0 unspecified atom stereocenters. The number of nitrogens with zero attached hydrogens (tertiary/aromatic N) is 2. The van der Waals surface area contributed by atoms with Gasteiger partial charge in [0.15, 0.2) is 0 Å². The van der Waals surface area contributed by atoms with Crippen molar-refractivity contribution in [3.63, 3.8) is 0 Å². The summed E-state index contributed by atoms with van der Waals surface area (Å²) in [4.78, 5) is 7.73. The monoisotopic (exact) mass is 513 g/mol. The molecule has 0 bridgehead atoms. The quantitative estimate of drug-likeness (QED) is 0.372. The second-order valence-electron chi connectivity index (χ2n) is 3.09. The van der Waals surface area contributed by atoms with Crippen molar-refractivity contribution < 1.29 is 16.5 Å². The predicted molar refractivity (Wildman–Crippen MR) is 99.3 cm³/mol. The van der Waals surface area contributed by atoms with E-state index in [1.165, 1.54) is 5.57 Å². The fourth-order valence-electron chi connectivity index (χ4n) is 0.524. The van der Waals surface area contributed by atoms with E-state index in [0.29, 0.717) is 0 Å². The first-order chi connectivity index (χ1) is 10.1. The number of aliphatic imine (C=N–C) groups is 2. The van der Waals surface area contributed by atoms with E-state index in [1.807, 2.05) is 59.8 Å². The first-order valence-corrected chi connectivity index (χ1v) is 12.1. The zero-order valence-electron chi connectivity index (χ0n) is 13.8. The molecule has 0 saturated carbocycles. The van der Waals surface area contributed by atoms with Crippen LogP contribution in [0.15, 0.2) is 58.8 Å². The third kappa shape index (κ3) is 66.0. The normalized spacial score (nSPS) is 9.71. The van der Waals surface area contributed by atoms with Crippen LogP contribution in [0, 0.1) is 0 Å². The molecule has 0 atom stereocenters. The van der Waals surface area contributed by atoms with Gasteiger partial charge in [-0.05, 0) is 33.8 Å². The minimum absolute atomic E-state index is 0.472. The molecular formula is C16H28Cl2N2Pt. The first kappa shape index (κ1) is 28.7. The Morgan fingerprint density at radius 1 is 0.952 bits per heavy atom. The van der Waals surface area contributed by atoms with Gasteiger partial charge in [0.2, 0.25) is 0 Å². The van der Waals surface area contributed by atoms with Crippen molar-refractivity contribution in [1.82, 2.24) is 0 Å². The van der Waals surface area contributed by atoms with Gasteiger partial charge >= 0.3 is 35.3 Å². The average Bonchev–Trinajstić information content (AvgIpc) is 2.48. The molecule has 0 fully saturated rings. The molecule has 0 aliphatic rings. The van der Waals surface area contributed by atoms with Gasteiger partial charge in [0.1, 0.15) is 0 Å². The van der Waals surface area contributed by atoms with Crippen LogP contribution >= 0.6 is 18.8 Å². The molecule has 0 radical (unpaired) electrons.